The smallest absolute Gasteiger partial charge is 0.319 e. The summed E-state index contributed by atoms with van der Waals surface area (Å²) in [5.74, 6) is 0. The van der Waals surface area contributed by atoms with Gasteiger partial charge in [0.1, 0.15) is 6.17 Å². The Morgan fingerprint density at radius 2 is 2.40 bits per heavy atom. The van der Waals surface area contributed by atoms with E-state index in [0.717, 1.165) is 12.1 Å². The topological polar surface area (TPSA) is 41.1 Å². The molecule has 2 unspecified atom stereocenters. The summed E-state index contributed by atoms with van der Waals surface area (Å²) in [6.45, 7) is 0. The van der Waals surface area contributed by atoms with Crippen molar-refractivity contribution >= 4 is 23.1 Å². The van der Waals surface area contributed by atoms with Crippen molar-refractivity contribution in [1.29, 1.82) is 0 Å². The molecule has 1 saturated carbocycles. The van der Waals surface area contributed by atoms with Crippen molar-refractivity contribution in [3.63, 3.8) is 0 Å². The molecule has 5 heteroatoms. The molecule has 2 rings (SSSR count). The maximum atomic E-state index is 12.8. The Kier molecular flexibility index (Phi) is 3.20. The summed E-state index contributed by atoms with van der Waals surface area (Å²) in [5, 5.41) is 9.21. The van der Waals surface area contributed by atoms with E-state index in [4.69, 9.17) is 0 Å². The number of thiophene rings is 1. The quantitative estimate of drug-likeness (QED) is 0.803. The summed E-state index contributed by atoms with van der Waals surface area (Å²) in [5.41, 5.74) is 0.785. The summed E-state index contributed by atoms with van der Waals surface area (Å²) in [4.78, 5) is 11.4. The zero-order valence-corrected chi connectivity index (χ0v) is 9.02. The number of rotatable bonds is 2. The van der Waals surface area contributed by atoms with Crippen LogP contribution in [-0.4, -0.2) is 18.2 Å². The average molecular weight is 228 g/mol. The Morgan fingerprint density at radius 3 is 3.00 bits per heavy atom. The number of hydrogen-bond acceptors (Lipinski definition) is 2. The lowest BCUT2D eigenvalue weighted by Crippen LogP contribution is -2.36. The number of alkyl halides is 1. The molecule has 0 aromatic carbocycles. The number of carbonyl (C=O) groups excluding carboxylic acids is 1. The number of carbonyl (C=O) groups is 1. The zero-order chi connectivity index (χ0) is 10.7. The van der Waals surface area contributed by atoms with E-state index in [9.17, 15) is 9.18 Å². The van der Waals surface area contributed by atoms with Crippen LogP contribution in [0.5, 0.6) is 0 Å². The van der Waals surface area contributed by atoms with Crippen molar-refractivity contribution in [3.8, 4) is 0 Å². The minimum Gasteiger partial charge on any atom is -0.335 e. The SMILES string of the molecule is O=C(Nc1ccsc1)NC1CCC(F)C1. The molecular weight excluding hydrogens is 215 g/mol. The first-order valence-corrected chi connectivity index (χ1v) is 5.92. The number of nitrogens with one attached hydrogen (secondary N) is 2. The Hall–Kier alpha value is -1.10. The molecule has 0 spiro atoms. The molecule has 0 bridgehead atoms. The molecule has 15 heavy (non-hydrogen) atoms. The third kappa shape index (κ3) is 2.92. The highest BCUT2D eigenvalue weighted by molar-refractivity contribution is 7.08. The summed E-state index contributed by atoms with van der Waals surface area (Å²) >= 11 is 1.52. The average Bonchev–Trinajstić information content (AvgIpc) is 2.77. The third-order valence-corrected chi connectivity index (χ3v) is 3.17. The van der Waals surface area contributed by atoms with Gasteiger partial charge in [0.05, 0.1) is 5.69 Å². The second-order valence-corrected chi connectivity index (χ2v) is 4.50. The van der Waals surface area contributed by atoms with Gasteiger partial charge in [-0.25, -0.2) is 9.18 Å². The van der Waals surface area contributed by atoms with E-state index in [1.165, 1.54) is 11.3 Å². The molecule has 2 atom stereocenters. The Bertz CT molecular complexity index is 328. The second-order valence-electron chi connectivity index (χ2n) is 3.72. The van der Waals surface area contributed by atoms with Crippen LogP contribution in [0, 0.1) is 0 Å². The van der Waals surface area contributed by atoms with Gasteiger partial charge in [-0.1, -0.05) is 0 Å². The molecule has 0 radical (unpaired) electrons. The van der Waals surface area contributed by atoms with Gasteiger partial charge in [0, 0.05) is 11.4 Å². The van der Waals surface area contributed by atoms with Crippen molar-refractivity contribution in [2.75, 3.05) is 5.32 Å². The maximum absolute atomic E-state index is 12.8. The van der Waals surface area contributed by atoms with Gasteiger partial charge < -0.3 is 10.6 Å². The first kappa shape index (κ1) is 10.4. The highest BCUT2D eigenvalue weighted by Gasteiger charge is 2.25. The van der Waals surface area contributed by atoms with Gasteiger partial charge in [-0.2, -0.15) is 11.3 Å². The lowest BCUT2D eigenvalue weighted by molar-refractivity contribution is 0.247. The van der Waals surface area contributed by atoms with Gasteiger partial charge in [-0.3, -0.25) is 0 Å². The number of halogens is 1. The Balaban J connectivity index is 1.78. The Morgan fingerprint density at radius 1 is 1.53 bits per heavy atom. The van der Waals surface area contributed by atoms with E-state index in [0.29, 0.717) is 12.8 Å². The lowest BCUT2D eigenvalue weighted by atomic mass is 10.2. The minimum absolute atomic E-state index is 0.0152. The summed E-state index contributed by atoms with van der Waals surface area (Å²) in [6, 6.07) is 1.57. The van der Waals surface area contributed by atoms with Crippen LogP contribution in [0.25, 0.3) is 0 Å². The van der Waals surface area contributed by atoms with E-state index >= 15 is 0 Å². The van der Waals surface area contributed by atoms with E-state index in [2.05, 4.69) is 10.6 Å². The molecule has 2 N–H and O–H groups in total. The second kappa shape index (κ2) is 4.61. The van der Waals surface area contributed by atoms with Crippen LogP contribution in [0.4, 0.5) is 14.9 Å². The van der Waals surface area contributed by atoms with Crippen molar-refractivity contribution in [2.45, 2.75) is 31.5 Å². The molecule has 0 aliphatic heterocycles. The lowest BCUT2D eigenvalue weighted by Gasteiger charge is -2.11. The highest BCUT2D eigenvalue weighted by Crippen LogP contribution is 2.21. The van der Waals surface area contributed by atoms with E-state index in [-0.39, 0.29) is 12.1 Å². The van der Waals surface area contributed by atoms with Crippen LogP contribution in [0.1, 0.15) is 19.3 Å². The van der Waals surface area contributed by atoms with E-state index in [1.807, 2.05) is 16.8 Å². The van der Waals surface area contributed by atoms with Crippen molar-refractivity contribution in [1.82, 2.24) is 5.32 Å². The monoisotopic (exact) mass is 228 g/mol. The van der Waals surface area contributed by atoms with Crippen molar-refractivity contribution in [3.05, 3.63) is 16.8 Å². The Labute approximate surface area is 91.7 Å². The predicted octanol–water partition coefficient (Wildman–Crippen LogP) is 2.76. The summed E-state index contributed by atoms with van der Waals surface area (Å²) < 4.78 is 12.8. The molecule has 1 aliphatic rings. The molecule has 1 aromatic rings. The van der Waals surface area contributed by atoms with Crippen LogP contribution in [0.2, 0.25) is 0 Å². The van der Waals surface area contributed by atoms with Crippen LogP contribution in [0.3, 0.4) is 0 Å². The van der Waals surface area contributed by atoms with Gasteiger partial charge in [0.15, 0.2) is 0 Å². The summed E-state index contributed by atoms with van der Waals surface area (Å²) in [6.07, 6.45) is 0.982. The van der Waals surface area contributed by atoms with E-state index in [1.54, 1.807) is 0 Å². The molecule has 2 amide bonds. The third-order valence-electron chi connectivity index (χ3n) is 2.48. The molecule has 82 valence electrons. The van der Waals surface area contributed by atoms with Gasteiger partial charge in [-0.05, 0) is 30.7 Å². The fraction of sp³-hybridized carbons (Fsp3) is 0.500. The number of anilines is 1. The van der Waals surface area contributed by atoms with Gasteiger partial charge in [0.2, 0.25) is 0 Å². The maximum Gasteiger partial charge on any atom is 0.319 e. The fourth-order valence-electron chi connectivity index (χ4n) is 1.75. The summed E-state index contributed by atoms with van der Waals surface area (Å²) in [7, 11) is 0. The van der Waals surface area contributed by atoms with E-state index < -0.39 is 6.17 Å². The fourth-order valence-corrected chi connectivity index (χ4v) is 2.33. The van der Waals surface area contributed by atoms with Crippen LogP contribution < -0.4 is 10.6 Å². The first-order chi connectivity index (χ1) is 7.24. The molecular formula is C10H13FN2OS. The minimum atomic E-state index is -0.753. The van der Waals surface area contributed by atoms with Crippen LogP contribution >= 0.6 is 11.3 Å². The van der Waals surface area contributed by atoms with Crippen LogP contribution in [0.15, 0.2) is 16.8 Å². The molecule has 1 aromatic heterocycles. The van der Waals surface area contributed by atoms with Gasteiger partial charge >= 0.3 is 6.03 Å². The van der Waals surface area contributed by atoms with Gasteiger partial charge in [0.25, 0.3) is 0 Å². The zero-order valence-electron chi connectivity index (χ0n) is 8.20. The normalized spacial score (nSPS) is 25.1. The van der Waals surface area contributed by atoms with Crippen molar-refractivity contribution in [2.24, 2.45) is 0 Å². The first-order valence-electron chi connectivity index (χ1n) is 4.98. The number of urea groups is 1. The van der Waals surface area contributed by atoms with Gasteiger partial charge in [-0.15, -0.1) is 0 Å². The molecule has 0 saturated heterocycles. The van der Waals surface area contributed by atoms with Crippen molar-refractivity contribution < 1.29 is 9.18 Å². The predicted molar refractivity (Wildman–Crippen MR) is 59.0 cm³/mol. The standard InChI is InChI=1S/C10H13FN2OS/c11-7-1-2-8(5-7)12-10(14)13-9-3-4-15-6-9/h3-4,6-8H,1-2,5H2,(H2,12,13,14). The number of hydrogen-bond donors (Lipinski definition) is 2. The van der Waals surface area contributed by atoms with Crippen LogP contribution in [-0.2, 0) is 0 Å². The molecule has 3 nitrogen and oxygen atoms in total. The molecule has 1 aliphatic carbocycles. The largest absolute Gasteiger partial charge is 0.335 e. The number of amides is 2. The highest BCUT2D eigenvalue weighted by atomic mass is 32.1. The molecule has 1 heterocycles. The molecule has 1 fully saturated rings.